The number of rotatable bonds is 13. The topological polar surface area (TPSA) is 107 Å². The number of unbranched alkanes of at least 4 members (excludes halogenated alkanes) is 4. The molecule has 5 rings (SSSR count). The lowest BCUT2D eigenvalue weighted by Gasteiger charge is -2.48. The molecule has 1 amide bonds. The second-order valence-corrected chi connectivity index (χ2v) is 12.4. The van der Waals surface area contributed by atoms with Crippen molar-refractivity contribution in [2.75, 3.05) is 13.2 Å². The molecule has 216 valence electrons. The first-order valence-corrected chi connectivity index (χ1v) is 15.6. The van der Waals surface area contributed by atoms with Crippen LogP contribution in [0.4, 0.5) is 0 Å². The van der Waals surface area contributed by atoms with Crippen molar-refractivity contribution in [2.45, 2.75) is 114 Å². The molecule has 2 bridgehead atoms. The van der Waals surface area contributed by atoms with Crippen molar-refractivity contribution in [3.05, 3.63) is 33.4 Å². The van der Waals surface area contributed by atoms with E-state index in [0.717, 1.165) is 60.5 Å². The van der Waals surface area contributed by atoms with Gasteiger partial charge in [-0.25, -0.2) is 0 Å². The van der Waals surface area contributed by atoms with Gasteiger partial charge in [-0.2, -0.15) is 5.06 Å². The van der Waals surface area contributed by atoms with Crippen LogP contribution in [0.3, 0.4) is 0 Å². The molecule has 3 heterocycles. The molecular formula is C29H41IN2O7. The molecule has 1 saturated carbocycles. The van der Waals surface area contributed by atoms with Crippen LogP contribution < -0.4 is 5.32 Å². The van der Waals surface area contributed by atoms with Crippen LogP contribution in [0.25, 0.3) is 0 Å². The molecule has 1 aromatic carbocycles. The minimum atomic E-state index is -1.21. The summed E-state index contributed by atoms with van der Waals surface area (Å²) < 4.78 is 20.7. The number of aliphatic hydroxyl groups excluding tert-OH is 1. The van der Waals surface area contributed by atoms with Gasteiger partial charge >= 0.3 is 5.97 Å². The molecule has 0 unspecified atom stereocenters. The molecule has 0 spiro atoms. The fourth-order valence-corrected chi connectivity index (χ4v) is 7.38. The molecule has 1 aromatic rings. The van der Waals surface area contributed by atoms with Crippen LogP contribution in [-0.2, 0) is 35.2 Å². The van der Waals surface area contributed by atoms with Crippen LogP contribution in [0.2, 0.25) is 0 Å². The highest BCUT2D eigenvalue weighted by Crippen LogP contribution is 2.58. The number of hydroxylamine groups is 2. The SMILES string of the molecule is CCCCCC1(CCCCC)O[C@@H]2[C@H](O1)[C@H]1ON(Cc3ccccc3I)[C@@H]3C(=O)O[C@@H]2C[C@]13C(=O)NCCO. The van der Waals surface area contributed by atoms with Crippen LogP contribution in [-0.4, -0.2) is 71.4 Å². The average molecular weight is 657 g/mol. The Morgan fingerprint density at radius 1 is 1.10 bits per heavy atom. The fourth-order valence-electron chi connectivity index (χ4n) is 6.83. The summed E-state index contributed by atoms with van der Waals surface area (Å²) >= 11 is 2.27. The third kappa shape index (κ3) is 5.37. The Bertz CT molecular complexity index is 1030. The largest absolute Gasteiger partial charge is 0.458 e. The van der Waals surface area contributed by atoms with Crippen LogP contribution in [0.1, 0.15) is 77.2 Å². The summed E-state index contributed by atoms with van der Waals surface area (Å²) in [5.74, 6) is -1.57. The second kappa shape index (κ2) is 12.3. The van der Waals surface area contributed by atoms with Crippen LogP contribution in [0.15, 0.2) is 24.3 Å². The number of carbonyl (C=O) groups is 2. The van der Waals surface area contributed by atoms with E-state index in [-0.39, 0.29) is 25.5 Å². The number of nitrogens with one attached hydrogen (secondary N) is 1. The molecule has 6 atom stereocenters. The summed E-state index contributed by atoms with van der Waals surface area (Å²) in [5.41, 5.74) is -0.214. The van der Waals surface area contributed by atoms with Gasteiger partial charge in [0.1, 0.15) is 29.8 Å². The van der Waals surface area contributed by atoms with Crippen molar-refractivity contribution >= 4 is 34.5 Å². The van der Waals surface area contributed by atoms with Crippen molar-refractivity contribution in [3.63, 3.8) is 0 Å². The van der Waals surface area contributed by atoms with Gasteiger partial charge < -0.3 is 24.6 Å². The van der Waals surface area contributed by atoms with Crippen molar-refractivity contribution in [2.24, 2.45) is 5.41 Å². The molecule has 1 aliphatic carbocycles. The van der Waals surface area contributed by atoms with E-state index in [4.69, 9.17) is 19.0 Å². The van der Waals surface area contributed by atoms with Gasteiger partial charge in [-0.05, 0) is 47.1 Å². The van der Waals surface area contributed by atoms with Gasteiger partial charge in [0.05, 0.1) is 13.2 Å². The van der Waals surface area contributed by atoms with Crippen molar-refractivity contribution in [3.8, 4) is 0 Å². The first kappa shape index (κ1) is 29.2. The lowest BCUT2D eigenvalue weighted by atomic mass is 9.62. The van der Waals surface area contributed by atoms with E-state index in [1.54, 1.807) is 5.06 Å². The molecule has 39 heavy (non-hydrogen) atoms. The van der Waals surface area contributed by atoms with Gasteiger partial charge in [0, 0.05) is 29.4 Å². The summed E-state index contributed by atoms with van der Waals surface area (Å²) in [4.78, 5) is 34.1. The third-order valence-electron chi connectivity index (χ3n) is 8.68. The monoisotopic (exact) mass is 656 g/mol. The smallest absolute Gasteiger partial charge is 0.327 e. The minimum Gasteiger partial charge on any atom is -0.458 e. The molecule has 4 aliphatic rings. The lowest BCUT2D eigenvalue weighted by molar-refractivity contribution is -0.224. The zero-order valence-electron chi connectivity index (χ0n) is 22.9. The standard InChI is InChI=1S/C29H41IN2O7/c1-3-5-9-13-28(14-10-6-4-2)37-22-21-17-29(27(35)31-15-16-33)24(26(34)36-21)32(39-25(29)23(22)38-28)18-19-11-7-8-12-20(19)30/h7-8,11-12,21-25,33H,3-6,9-10,13-18H2,1-2H3,(H,31,35)/t21-,22+,23+,24-,25-,29-/m1/s1. The first-order chi connectivity index (χ1) is 18.9. The van der Waals surface area contributed by atoms with E-state index in [2.05, 4.69) is 41.8 Å². The lowest BCUT2D eigenvalue weighted by Crippen LogP contribution is -2.69. The summed E-state index contributed by atoms with van der Waals surface area (Å²) in [6, 6.07) is 6.98. The predicted molar refractivity (Wildman–Crippen MR) is 151 cm³/mol. The van der Waals surface area contributed by atoms with E-state index in [9.17, 15) is 14.7 Å². The van der Waals surface area contributed by atoms with Crippen molar-refractivity contribution < 1.29 is 33.7 Å². The van der Waals surface area contributed by atoms with Crippen molar-refractivity contribution in [1.29, 1.82) is 0 Å². The van der Waals surface area contributed by atoms with Crippen LogP contribution >= 0.6 is 22.6 Å². The number of esters is 1. The molecule has 9 nitrogen and oxygen atoms in total. The molecule has 0 radical (unpaired) electrons. The zero-order valence-corrected chi connectivity index (χ0v) is 25.1. The van der Waals surface area contributed by atoms with Crippen LogP contribution in [0, 0.1) is 8.99 Å². The predicted octanol–water partition coefficient (Wildman–Crippen LogP) is 3.84. The van der Waals surface area contributed by atoms with E-state index >= 15 is 0 Å². The Kier molecular flexibility index (Phi) is 9.19. The summed E-state index contributed by atoms with van der Waals surface area (Å²) in [5, 5.41) is 13.9. The molecule has 0 aromatic heterocycles. The Balaban J connectivity index is 1.50. The van der Waals surface area contributed by atoms with Gasteiger partial charge in [0.2, 0.25) is 5.91 Å². The maximum absolute atomic E-state index is 13.9. The molecule has 3 aliphatic heterocycles. The quantitative estimate of drug-likeness (QED) is 0.188. The average Bonchev–Trinajstić information content (AvgIpc) is 3.47. The highest BCUT2D eigenvalue weighted by molar-refractivity contribution is 14.1. The number of benzene rings is 1. The van der Waals surface area contributed by atoms with E-state index in [0.29, 0.717) is 6.54 Å². The van der Waals surface area contributed by atoms with Gasteiger partial charge in [-0.3, -0.25) is 14.4 Å². The van der Waals surface area contributed by atoms with Gasteiger partial charge in [-0.15, -0.1) is 0 Å². The van der Waals surface area contributed by atoms with E-state index < -0.39 is 47.6 Å². The molecule has 4 fully saturated rings. The summed E-state index contributed by atoms with van der Waals surface area (Å²) in [7, 11) is 0. The summed E-state index contributed by atoms with van der Waals surface area (Å²) in [6.07, 6.45) is 5.71. The number of nitrogens with zero attached hydrogens (tertiary/aromatic N) is 1. The molecule has 2 N–H and O–H groups in total. The van der Waals surface area contributed by atoms with Gasteiger partial charge in [0.25, 0.3) is 0 Å². The Labute approximate surface area is 244 Å². The van der Waals surface area contributed by atoms with E-state index in [1.165, 1.54) is 0 Å². The highest BCUT2D eigenvalue weighted by Gasteiger charge is 2.76. The van der Waals surface area contributed by atoms with Gasteiger partial charge in [0.15, 0.2) is 11.8 Å². The molecule has 3 saturated heterocycles. The van der Waals surface area contributed by atoms with E-state index in [1.807, 2.05) is 24.3 Å². The molecular weight excluding hydrogens is 615 g/mol. The number of hydrogen-bond donors (Lipinski definition) is 2. The van der Waals surface area contributed by atoms with Gasteiger partial charge in [-0.1, -0.05) is 57.7 Å². The summed E-state index contributed by atoms with van der Waals surface area (Å²) in [6.45, 7) is 4.57. The van der Waals surface area contributed by atoms with Crippen LogP contribution in [0.5, 0.6) is 0 Å². The number of ether oxygens (including phenoxy) is 3. The maximum Gasteiger partial charge on any atom is 0.327 e. The number of hydrogen-bond acceptors (Lipinski definition) is 8. The van der Waals surface area contributed by atoms with Crippen molar-refractivity contribution in [1.82, 2.24) is 10.4 Å². The number of fused-ring (bicyclic) bond motifs is 4. The maximum atomic E-state index is 13.9. The minimum absolute atomic E-state index is 0.0970. The zero-order chi connectivity index (χ0) is 27.6. The molecule has 10 heteroatoms. The second-order valence-electron chi connectivity index (χ2n) is 11.3. The number of carbonyl (C=O) groups excluding carboxylic acids is 2. The highest BCUT2D eigenvalue weighted by atomic mass is 127. The Morgan fingerprint density at radius 3 is 2.46 bits per heavy atom. The number of aliphatic hydroxyl groups is 1. The number of halogens is 1. The Hall–Kier alpha value is -1.31. The Morgan fingerprint density at radius 2 is 1.79 bits per heavy atom. The third-order valence-corrected chi connectivity index (χ3v) is 9.73. The fraction of sp³-hybridized carbons (Fsp3) is 0.724. The first-order valence-electron chi connectivity index (χ1n) is 14.5. The number of amides is 1. The normalized spacial score (nSPS) is 32.6.